The summed E-state index contributed by atoms with van der Waals surface area (Å²) in [5.41, 5.74) is 0. The molecule has 0 aromatic rings. The molecule has 1 aliphatic carbocycles. The third-order valence-corrected chi connectivity index (χ3v) is 2.28. The maximum absolute atomic E-state index is 9.13. The summed E-state index contributed by atoms with van der Waals surface area (Å²) < 4.78 is 4.82. The Kier molecular flexibility index (Phi) is 1.45. The molecule has 2 rings (SSSR count). The molecule has 5 heteroatoms. The Balaban J connectivity index is 2.13. The van der Waals surface area contributed by atoms with Crippen molar-refractivity contribution in [3.63, 3.8) is 0 Å². The van der Waals surface area contributed by atoms with Crippen LogP contribution >= 0.6 is 0 Å². The molecule has 2 aliphatic rings. The molecule has 0 spiro atoms. The fraction of sp³-hybridized carbons (Fsp3) is 1.00. The summed E-state index contributed by atoms with van der Waals surface area (Å²) in [6, 6.07) is 0. The molecule has 4 unspecified atom stereocenters. The average Bonchev–Trinajstić information content (AvgIpc) is 2.76. The molecule has 11 heavy (non-hydrogen) atoms. The van der Waals surface area contributed by atoms with Gasteiger partial charge in [0.25, 0.3) is 0 Å². The second kappa shape index (κ2) is 2.15. The normalized spacial score (nSPS) is 62.2. The minimum absolute atomic E-state index is 0.497. The molecule has 2 fully saturated rings. The van der Waals surface area contributed by atoms with E-state index in [0.29, 0.717) is 0 Å². The van der Waals surface area contributed by atoms with Crippen LogP contribution in [0.2, 0.25) is 0 Å². The molecule has 1 aliphatic heterocycles. The van der Waals surface area contributed by atoms with Gasteiger partial charge in [-0.3, -0.25) is 0 Å². The van der Waals surface area contributed by atoms with E-state index in [-0.39, 0.29) is 0 Å². The lowest BCUT2D eigenvalue weighted by molar-refractivity contribution is -0.121. The fourth-order valence-corrected chi connectivity index (χ4v) is 1.48. The molecule has 64 valence electrons. The van der Waals surface area contributed by atoms with Gasteiger partial charge in [-0.2, -0.15) is 0 Å². The Morgan fingerprint density at radius 3 is 1.36 bits per heavy atom. The molecular formula is C6H10O5. The molecule has 0 bridgehead atoms. The molecule has 5 nitrogen and oxygen atoms in total. The summed E-state index contributed by atoms with van der Waals surface area (Å²) in [6.45, 7) is 0. The van der Waals surface area contributed by atoms with E-state index in [2.05, 4.69) is 0 Å². The number of epoxide rings is 1. The summed E-state index contributed by atoms with van der Waals surface area (Å²) in [7, 11) is 0. The van der Waals surface area contributed by atoms with Crippen molar-refractivity contribution < 1.29 is 25.2 Å². The molecular weight excluding hydrogens is 152 g/mol. The topological polar surface area (TPSA) is 93.5 Å². The number of hydrogen-bond acceptors (Lipinski definition) is 5. The highest BCUT2D eigenvalue weighted by atomic mass is 16.6. The van der Waals surface area contributed by atoms with E-state index in [9.17, 15) is 0 Å². The van der Waals surface area contributed by atoms with Crippen LogP contribution in [0, 0.1) is 0 Å². The Bertz CT molecular complexity index is 154. The van der Waals surface area contributed by atoms with Crippen LogP contribution in [0.5, 0.6) is 0 Å². The van der Waals surface area contributed by atoms with Crippen LogP contribution < -0.4 is 0 Å². The van der Waals surface area contributed by atoms with Crippen LogP contribution in [-0.2, 0) is 4.74 Å². The monoisotopic (exact) mass is 162 g/mol. The summed E-state index contributed by atoms with van der Waals surface area (Å²) >= 11 is 0. The lowest BCUT2D eigenvalue weighted by atomic mass is 9.90. The van der Waals surface area contributed by atoms with Gasteiger partial charge in [-0.1, -0.05) is 0 Å². The van der Waals surface area contributed by atoms with Crippen molar-refractivity contribution in [1.29, 1.82) is 0 Å². The van der Waals surface area contributed by atoms with Crippen molar-refractivity contribution in [2.75, 3.05) is 0 Å². The van der Waals surface area contributed by atoms with E-state index in [4.69, 9.17) is 25.2 Å². The molecule has 1 saturated carbocycles. The first-order chi connectivity index (χ1) is 5.13. The largest absolute Gasteiger partial charge is 0.387 e. The number of hydrogen-bond donors (Lipinski definition) is 4. The molecule has 0 radical (unpaired) electrons. The predicted molar refractivity (Wildman–Crippen MR) is 32.7 cm³/mol. The molecule has 0 aromatic heterocycles. The second-order valence-corrected chi connectivity index (χ2v) is 3.03. The first kappa shape index (κ1) is 7.45. The predicted octanol–water partition coefficient (Wildman–Crippen LogP) is -2.79. The zero-order chi connectivity index (χ0) is 8.17. The van der Waals surface area contributed by atoms with Gasteiger partial charge >= 0.3 is 0 Å². The van der Waals surface area contributed by atoms with E-state index in [0.717, 1.165) is 0 Å². The highest BCUT2D eigenvalue weighted by Crippen LogP contribution is 2.37. The van der Waals surface area contributed by atoms with Crippen molar-refractivity contribution in [1.82, 2.24) is 0 Å². The van der Waals surface area contributed by atoms with E-state index in [1.807, 2.05) is 0 Å². The number of rotatable bonds is 0. The third-order valence-electron chi connectivity index (χ3n) is 2.28. The van der Waals surface area contributed by atoms with E-state index in [1.54, 1.807) is 0 Å². The van der Waals surface area contributed by atoms with Crippen molar-refractivity contribution in [2.24, 2.45) is 0 Å². The third kappa shape index (κ3) is 0.896. The fourth-order valence-electron chi connectivity index (χ4n) is 1.48. The zero-order valence-corrected chi connectivity index (χ0v) is 5.66. The molecule has 0 aromatic carbocycles. The quantitative estimate of drug-likeness (QED) is 0.289. The van der Waals surface area contributed by atoms with Crippen LogP contribution in [0.3, 0.4) is 0 Å². The highest BCUT2D eigenvalue weighted by molar-refractivity contribution is 5.07. The van der Waals surface area contributed by atoms with Crippen LogP contribution in [0.1, 0.15) is 0 Å². The van der Waals surface area contributed by atoms with Gasteiger partial charge in [0.1, 0.15) is 36.6 Å². The van der Waals surface area contributed by atoms with Crippen LogP contribution in [0.4, 0.5) is 0 Å². The van der Waals surface area contributed by atoms with Gasteiger partial charge in [0.05, 0.1) is 0 Å². The van der Waals surface area contributed by atoms with Gasteiger partial charge in [-0.15, -0.1) is 0 Å². The van der Waals surface area contributed by atoms with Gasteiger partial charge in [0.2, 0.25) is 0 Å². The van der Waals surface area contributed by atoms with Gasteiger partial charge in [0.15, 0.2) is 0 Å². The van der Waals surface area contributed by atoms with E-state index in [1.165, 1.54) is 0 Å². The van der Waals surface area contributed by atoms with Crippen molar-refractivity contribution in [2.45, 2.75) is 36.6 Å². The molecule has 4 N–H and O–H groups in total. The van der Waals surface area contributed by atoms with Crippen LogP contribution in [-0.4, -0.2) is 57.0 Å². The summed E-state index contributed by atoms with van der Waals surface area (Å²) in [6.07, 6.45) is -5.73. The SMILES string of the molecule is OC1C(O)[C@H](O)C(O)[C@@H]2OC12. The Morgan fingerprint density at radius 1 is 0.636 bits per heavy atom. The van der Waals surface area contributed by atoms with Gasteiger partial charge in [0, 0.05) is 0 Å². The van der Waals surface area contributed by atoms with Gasteiger partial charge in [-0.05, 0) is 0 Å². The van der Waals surface area contributed by atoms with Crippen molar-refractivity contribution >= 4 is 0 Å². The highest BCUT2D eigenvalue weighted by Gasteiger charge is 2.59. The first-order valence-corrected chi connectivity index (χ1v) is 3.50. The minimum Gasteiger partial charge on any atom is -0.387 e. The van der Waals surface area contributed by atoms with Crippen molar-refractivity contribution in [3.05, 3.63) is 0 Å². The van der Waals surface area contributed by atoms with E-state index >= 15 is 0 Å². The minimum atomic E-state index is -1.30. The van der Waals surface area contributed by atoms with E-state index < -0.39 is 36.6 Å². The number of aliphatic hydroxyl groups is 4. The van der Waals surface area contributed by atoms with Crippen LogP contribution in [0.15, 0.2) is 0 Å². The van der Waals surface area contributed by atoms with Crippen LogP contribution in [0.25, 0.3) is 0 Å². The summed E-state index contributed by atoms with van der Waals surface area (Å²) in [5.74, 6) is 0. The Morgan fingerprint density at radius 2 is 1.00 bits per heavy atom. The molecule has 1 saturated heterocycles. The lowest BCUT2D eigenvalue weighted by Gasteiger charge is -2.28. The Hall–Kier alpha value is -0.200. The average molecular weight is 162 g/mol. The van der Waals surface area contributed by atoms with Gasteiger partial charge < -0.3 is 25.2 Å². The summed E-state index contributed by atoms with van der Waals surface area (Å²) in [4.78, 5) is 0. The number of ether oxygens (including phenoxy) is 1. The number of fused-ring (bicyclic) bond motifs is 1. The maximum Gasteiger partial charge on any atom is 0.115 e. The maximum atomic E-state index is 9.13. The second-order valence-electron chi connectivity index (χ2n) is 3.03. The molecule has 0 amide bonds. The van der Waals surface area contributed by atoms with Gasteiger partial charge in [-0.25, -0.2) is 0 Å². The number of aliphatic hydroxyl groups excluding tert-OH is 4. The molecule has 6 atom stereocenters. The smallest absolute Gasteiger partial charge is 0.115 e. The first-order valence-electron chi connectivity index (χ1n) is 3.50. The Labute approximate surface area is 62.8 Å². The van der Waals surface area contributed by atoms with Crippen molar-refractivity contribution in [3.8, 4) is 0 Å². The standard InChI is InChI=1S/C6H10O5/c7-1-2(8)4(10)6-5(11-6)3(1)9/h1-10H/t1-,2?,3?,4?,5-,6?/m0/s1. The lowest BCUT2D eigenvalue weighted by Crippen LogP contribution is -2.53. The summed E-state index contributed by atoms with van der Waals surface area (Å²) in [5, 5.41) is 36.4. The zero-order valence-electron chi connectivity index (χ0n) is 5.66. The molecule has 1 heterocycles.